The average Bonchev–Trinajstić information content (AvgIpc) is 1.15. The van der Waals surface area contributed by atoms with Gasteiger partial charge in [-0.25, -0.2) is 0 Å². The van der Waals surface area contributed by atoms with Crippen LogP contribution in [-0.2, 0) is 27.1 Å². The maximum Gasteiger partial charge on any atom is 0.252 e. The van der Waals surface area contributed by atoms with Crippen LogP contribution in [0.1, 0.15) is 137 Å². The molecule has 13 aromatic rings. The molecule has 88 heavy (non-hydrogen) atoms. The van der Waals surface area contributed by atoms with Gasteiger partial charge in [0.2, 0.25) is 0 Å². The van der Waals surface area contributed by atoms with E-state index in [9.17, 15) is 5.26 Å². The summed E-state index contributed by atoms with van der Waals surface area (Å²) in [4.78, 5) is 5.08. The van der Waals surface area contributed by atoms with Gasteiger partial charge in [0.05, 0.1) is 50.8 Å². The van der Waals surface area contributed by atoms with Gasteiger partial charge in [0.25, 0.3) is 6.71 Å². The second-order valence-corrected chi connectivity index (χ2v) is 31.7. The molecule has 0 spiro atoms. The van der Waals surface area contributed by atoms with Gasteiger partial charge in [0, 0.05) is 70.2 Å². The Morgan fingerprint density at radius 1 is 0.386 bits per heavy atom. The second kappa shape index (κ2) is 18.1. The third-order valence-corrected chi connectivity index (χ3v) is 21.0. The summed E-state index contributed by atoms with van der Waals surface area (Å²) in [6, 6.07) is 70.7. The highest BCUT2D eigenvalue weighted by Crippen LogP contribution is 2.55. The predicted molar refractivity (Wildman–Crippen MR) is 379 cm³/mol. The van der Waals surface area contributed by atoms with Gasteiger partial charge in [-0.05, 0) is 179 Å². The molecule has 16 rings (SSSR count). The standard InChI is InChI=1S/C81H74BN5S/c1-77(2,3)48-25-32-64-58(37-48)59-38-49(78(4,5)6)26-33-65(59)85(64)54-30-31-62-67(44-54)84(53-28-23-47(24-29-53)55-20-18-21-57-56-19-16-17-22-72(56)88-76(55)57)68-35-46(45-83)36-69-73(68)82(62)63-41-52(81(13,14)15)43-71-75(63)87(69)70-42-51(80(10,11)12)40-61-60-39-50(79(7,8)9)27-34-66(60)86(71)74(61)70/h16-44H,1-15H3. The molecule has 432 valence electrons. The van der Waals surface area contributed by atoms with E-state index in [1.165, 1.54) is 130 Å². The molecule has 0 saturated carbocycles. The van der Waals surface area contributed by atoms with Gasteiger partial charge in [-0.15, -0.1) is 11.3 Å². The first-order chi connectivity index (χ1) is 41.7. The van der Waals surface area contributed by atoms with E-state index in [0.717, 1.165) is 34.1 Å². The molecule has 10 aromatic carbocycles. The van der Waals surface area contributed by atoms with Crippen molar-refractivity contribution in [3.8, 4) is 28.6 Å². The molecular weight excluding hydrogens is 1090 g/mol. The van der Waals surface area contributed by atoms with Crippen LogP contribution in [0.25, 0.3) is 86.3 Å². The fourth-order valence-electron chi connectivity index (χ4n) is 14.9. The van der Waals surface area contributed by atoms with Gasteiger partial charge >= 0.3 is 0 Å². The van der Waals surface area contributed by atoms with E-state index in [1.54, 1.807) is 0 Å². The molecule has 0 amide bonds. The first-order valence-corrected chi connectivity index (χ1v) is 32.3. The van der Waals surface area contributed by atoms with Crippen LogP contribution in [0.5, 0.6) is 0 Å². The van der Waals surface area contributed by atoms with Crippen LogP contribution in [0.3, 0.4) is 0 Å². The molecule has 0 atom stereocenters. The minimum atomic E-state index is -0.187. The van der Waals surface area contributed by atoms with E-state index >= 15 is 0 Å². The van der Waals surface area contributed by atoms with Gasteiger partial charge in [-0.3, -0.25) is 0 Å². The number of fused-ring (bicyclic) bond motifs is 15. The SMILES string of the molecule is CC(C)(C)c1cc2c3c(c1)-n1c4ccc(C(C)(C)C)cc4c4cc(C(C)(C)C)cc(c41)N3c1cc(C#N)cc3c1B2c1ccc(-n2c4ccc(C(C)(C)C)cc4c4cc(C(C)(C)C)ccc42)cc1N3c1ccc(-c2cccc3c2sc2ccccc23)cc1. The summed E-state index contributed by atoms with van der Waals surface area (Å²) in [7, 11) is 0. The van der Waals surface area contributed by atoms with Crippen molar-refractivity contribution in [2.45, 2.75) is 131 Å². The van der Waals surface area contributed by atoms with Gasteiger partial charge in [0.1, 0.15) is 0 Å². The Kier molecular flexibility index (Phi) is 11.3. The van der Waals surface area contributed by atoms with Gasteiger partial charge in [-0.1, -0.05) is 183 Å². The summed E-state index contributed by atoms with van der Waals surface area (Å²) in [5, 5.41) is 19.1. The predicted octanol–water partition coefficient (Wildman–Crippen LogP) is 20.7. The van der Waals surface area contributed by atoms with Crippen molar-refractivity contribution in [3.05, 3.63) is 209 Å². The maximum atomic E-state index is 11.5. The topological polar surface area (TPSA) is 40.1 Å². The van der Waals surface area contributed by atoms with Gasteiger partial charge in [0.15, 0.2) is 0 Å². The summed E-state index contributed by atoms with van der Waals surface area (Å²) in [6.45, 7) is 34.8. The quantitative estimate of drug-likeness (QED) is 0.166. The number of nitrogens with zero attached hydrogens (tertiary/aromatic N) is 5. The minimum Gasteiger partial charge on any atom is -0.311 e. The zero-order chi connectivity index (χ0) is 61.2. The van der Waals surface area contributed by atoms with Crippen molar-refractivity contribution in [1.82, 2.24) is 9.13 Å². The lowest BCUT2D eigenvalue weighted by atomic mass is 9.33. The van der Waals surface area contributed by atoms with E-state index in [1.807, 2.05) is 11.3 Å². The van der Waals surface area contributed by atoms with Crippen LogP contribution < -0.4 is 26.2 Å². The Morgan fingerprint density at radius 3 is 1.51 bits per heavy atom. The smallest absolute Gasteiger partial charge is 0.252 e. The summed E-state index contributed by atoms with van der Waals surface area (Å²) in [6.07, 6.45) is 0. The van der Waals surface area contributed by atoms with E-state index in [4.69, 9.17) is 0 Å². The van der Waals surface area contributed by atoms with Crippen LogP contribution in [-0.4, -0.2) is 15.8 Å². The molecular formula is C81H74BN5S. The van der Waals surface area contributed by atoms with Crippen LogP contribution in [0.15, 0.2) is 176 Å². The highest BCUT2D eigenvalue weighted by molar-refractivity contribution is 7.26. The van der Waals surface area contributed by atoms with E-state index in [0.29, 0.717) is 5.56 Å². The largest absolute Gasteiger partial charge is 0.311 e. The summed E-state index contributed by atoms with van der Waals surface area (Å²) < 4.78 is 7.70. The normalized spacial score (nSPS) is 14.0. The zero-order valence-corrected chi connectivity index (χ0v) is 54.3. The average molecular weight is 1160 g/mol. The number of hydrogen-bond acceptors (Lipinski definition) is 4. The molecule has 0 N–H and O–H groups in total. The third kappa shape index (κ3) is 7.89. The molecule has 3 aliphatic heterocycles. The summed E-state index contributed by atoms with van der Waals surface area (Å²) >= 11 is 1.87. The first kappa shape index (κ1) is 54.6. The number of nitriles is 1. The highest BCUT2D eigenvalue weighted by Gasteiger charge is 2.48. The molecule has 0 radical (unpaired) electrons. The summed E-state index contributed by atoms with van der Waals surface area (Å²) in [5.41, 5.74) is 26.4. The molecule has 0 aliphatic carbocycles. The maximum absolute atomic E-state index is 11.5. The molecule has 0 fully saturated rings. The number of benzene rings is 10. The van der Waals surface area contributed by atoms with E-state index < -0.39 is 0 Å². The Bertz CT molecular complexity index is 5180. The van der Waals surface area contributed by atoms with Crippen molar-refractivity contribution in [1.29, 1.82) is 5.26 Å². The number of hydrogen-bond donors (Lipinski definition) is 0. The van der Waals surface area contributed by atoms with Crippen LogP contribution in [0, 0.1) is 11.3 Å². The molecule has 0 bridgehead atoms. The molecule has 0 saturated heterocycles. The van der Waals surface area contributed by atoms with Gasteiger partial charge in [-0.2, -0.15) is 5.26 Å². The Labute approximate surface area is 522 Å². The van der Waals surface area contributed by atoms with Gasteiger partial charge < -0.3 is 18.9 Å². The van der Waals surface area contributed by atoms with Crippen molar-refractivity contribution >= 4 is 132 Å². The highest BCUT2D eigenvalue weighted by atomic mass is 32.1. The van der Waals surface area contributed by atoms with Crippen molar-refractivity contribution < 1.29 is 0 Å². The van der Waals surface area contributed by atoms with Crippen LogP contribution in [0.4, 0.5) is 34.1 Å². The van der Waals surface area contributed by atoms with Crippen molar-refractivity contribution in [2.75, 3.05) is 9.80 Å². The fourth-order valence-corrected chi connectivity index (χ4v) is 16.1. The van der Waals surface area contributed by atoms with Crippen LogP contribution in [0.2, 0.25) is 0 Å². The van der Waals surface area contributed by atoms with Crippen molar-refractivity contribution in [2.24, 2.45) is 0 Å². The zero-order valence-electron chi connectivity index (χ0n) is 53.5. The van der Waals surface area contributed by atoms with E-state index in [-0.39, 0.29) is 33.8 Å². The third-order valence-electron chi connectivity index (χ3n) is 19.8. The number of rotatable bonds is 3. The Hall–Kier alpha value is -8.83. The van der Waals surface area contributed by atoms with Crippen LogP contribution >= 0.6 is 11.3 Å². The number of aromatic nitrogens is 2. The lowest BCUT2D eigenvalue weighted by molar-refractivity contribution is 0.590. The second-order valence-electron chi connectivity index (χ2n) is 30.7. The number of thiophene rings is 1. The molecule has 0 unspecified atom stereocenters. The Morgan fingerprint density at radius 2 is 0.909 bits per heavy atom. The molecule has 5 nitrogen and oxygen atoms in total. The molecule has 3 aliphatic rings. The monoisotopic (exact) mass is 1160 g/mol. The molecule has 3 aromatic heterocycles. The van der Waals surface area contributed by atoms with Crippen molar-refractivity contribution in [3.63, 3.8) is 0 Å². The first-order valence-electron chi connectivity index (χ1n) is 31.5. The number of anilines is 6. The fraction of sp³-hybridized carbons (Fsp3) is 0.247. The lowest BCUT2D eigenvalue weighted by Crippen LogP contribution is -2.62. The minimum absolute atomic E-state index is 0.0305. The molecule has 6 heterocycles. The lowest BCUT2D eigenvalue weighted by Gasteiger charge is -2.47. The van der Waals surface area contributed by atoms with E-state index in [2.05, 4.69) is 305 Å². The Balaban J connectivity index is 1.01. The molecule has 7 heteroatoms. The summed E-state index contributed by atoms with van der Waals surface area (Å²) in [5.74, 6) is 0.